The molecule has 1 N–H and O–H groups in total. The van der Waals surface area contributed by atoms with Gasteiger partial charge in [0.25, 0.3) is 5.91 Å². The Balaban J connectivity index is 1.60. The summed E-state index contributed by atoms with van der Waals surface area (Å²) in [5, 5.41) is 11.1. The molecule has 0 unspecified atom stereocenters. The predicted octanol–water partition coefficient (Wildman–Crippen LogP) is 1.48. The molecule has 2 heterocycles. The van der Waals surface area contributed by atoms with E-state index in [-0.39, 0.29) is 11.9 Å². The fourth-order valence-electron chi connectivity index (χ4n) is 2.73. The number of likely N-dealkylation sites (tertiary alicyclic amines) is 1. The lowest BCUT2D eigenvalue weighted by atomic mass is 10.1. The van der Waals surface area contributed by atoms with Crippen molar-refractivity contribution in [1.82, 2.24) is 25.2 Å². The second-order valence-corrected chi connectivity index (χ2v) is 5.57. The van der Waals surface area contributed by atoms with Crippen LogP contribution in [-0.4, -0.2) is 51.5 Å². The predicted molar refractivity (Wildman–Crippen MR) is 84.0 cm³/mol. The Morgan fingerprint density at radius 1 is 1.27 bits per heavy atom. The average Bonchev–Trinajstić information content (AvgIpc) is 3.06. The van der Waals surface area contributed by atoms with Gasteiger partial charge in [-0.2, -0.15) is 0 Å². The van der Waals surface area contributed by atoms with Crippen molar-refractivity contribution in [2.45, 2.75) is 25.8 Å². The largest absolute Gasteiger partial charge is 0.348 e. The summed E-state index contributed by atoms with van der Waals surface area (Å²) in [4.78, 5) is 14.7. The van der Waals surface area contributed by atoms with Crippen LogP contribution < -0.4 is 5.32 Å². The maximum atomic E-state index is 12.3. The number of aromatic nitrogens is 3. The van der Waals surface area contributed by atoms with Crippen molar-refractivity contribution >= 4 is 5.91 Å². The molecule has 1 fully saturated rings. The first kappa shape index (κ1) is 14.7. The molecule has 6 heteroatoms. The number of amides is 1. The summed E-state index contributed by atoms with van der Waals surface area (Å²) >= 11 is 0. The number of hydrogen-bond donors (Lipinski definition) is 1. The second kappa shape index (κ2) is 6.70. The molecular formula is C16H21N5O. The SMILES string of the molecule is CCN1CCC(NC(=O)c2cn(-c3ccccc3)nn2)CC1. The van der Waals surface area contributed by atoms with Gasteiger partial charge >= 0.3 is 0 Å². The Labute approximate surface area is 130 Å². The third-order valence-corrected chi connectivity index (χ3v) is 4.12. The molecule has 1 aliphatic rings. The van der Waals surface area contributed by atoms with Crippen molar-refractivity contribution in [2.75, 3.05) is 19.6 Å². The molecule has 1 aromatic carbocycles. The molecule has 1 amide bonds. The van der Waals surface area contributed by atoms with Crippen LogP contribution in [0.3, 0.4) is 0 Å². The number of hydrogen-bond acceptors (Lipinski definition) is 4. The Morgan fingerprint density at radius 2 is 2.00 bits per heavy atom. The molecule has 0 aliphatic carbocycles. The van der Waals surface area contributed by atoms with E-state index in [0.717, 1.165) is 38.2 Å². The molecule has 1 aliphatic heterocycles. The van der Waals surface area contributed by atoms with Crippen LogP contribution in [-0.2, 0) is 0 Å². The summed E-state index contributed by atoms with van der Waals surface area (Å²) in [6.45, 7) is 5.32. The highest BCUT2D eigenvalue weighted by molar-refractivity contribution is 5.92. The van der Waals surface area contributed by atoms with Crippen LogP contribution >= 0.6 is 0 Å². The van der Waals surface area contributed by atoms with Crippen LogP contribution in [0, 0.1) is 0 Å². The molecule has 0 spiro atoms. The summed E-state index contributed by atoms with van der Waals surface area (Å²) < 4.78 is 1.62. The number of piperidine rings is 1. The van der Waals surface area contributed by atoms with E-state index in [2.05, 4.69) is 27.5 Å². The minimum Gasteiger partial charge on any atom is -0.348 e. The minimum atomic E-state index is -0.142. The summed E-state index contributed by atoms with van der Waals surface area (Å²) in [7, 11) is 0. The van der Waals surface area contributed by atoms with Gasteiger partial charge in [-0.15, -0.1) is 5.10 Å². The number of nitrogens with one attached hydrogen (secondary N) is 1. The van der Waals surface area contributed by atoms with E-state index in [1.807, 2.05) is 30.3 Å². The number of para-hydroxylation sites is 1. The van der Waals surface area contributed by atoms with Gasteiger partial charge < -0.3 is 10.2 Å². The van der Waals surface area contributed by atoms with Gasteiger partial charge in [0.1, 0.15) is 0 Å². The molecule has 22 heavy (non-hydrogen) atoms. The Bertz CT molecular complexity index is 616. The fraction of sp³-hybridized carbons (Fsp3) is 0.438. The summed E-state index contributed by atoms with van der Waals surface area (Å²) in [6, 6.07) is 9.89. The molecule has 6 nitrogen and oxygen atoms in total. The molecule has 3 rings (SSSR count). The first-order valence-corrected chi connectivity index (χ1v) is 7.77. The molecule has 1 saturated heterocycles. The van der Waals surface area contributed by atoms with Crippen LogP contribution in [0.2, 0.25) is 0 Å². The monoisotopic (exact) mass is 299 g/mol. The van der Waals surface area contributed by atoms with Gasteiger partial charge in [0.15, 0.2) is 5.69 Å². The standard InChI is InChI=1S/C16H21N5O/c1-2-20-10-8-13(9-11-20)17-16(22)15-12-21(19-18-15)14-6-4-3-5-7-14/h3-7,12-13H,2,8-11H2,1H3,(H,17,22). The number of benzene rings is 1. The van der Waals surface area contributed by atoms with Crippen molar-refractivity contribution in [3.63, 3.8) is 0 Å². The average molecular weight is 299 g/mol. The lowest BCUT2D eigenvalue weighted by Gasteiger charge is -2.31. The van der Waals surface area contributed by atoms with Gasteiger partial charge in [-0.25, -0.2) is 4.68 Å². The van der Waals surface area contributed by atoms with E-state index < -0.39 is 0 Å². The number of nitrogens with zero attached hydrogens (tertiary/aromatic N) is 4. The second-order valence-electron chi connectivity index (χ2n) is 5.57. The molecule has 0 radical (unpaired) electrons. The van der Waals surface area contributed by atoms with Crippen LogP contribution in [0.5, 0.6) is 0 Å². The lowest BCUT2D eigenvalue weighted by molar-refractivity contribution is 0.0907. The molecule has 0 atom stereocenters. The Hall–Kier alpha value is -2.21. The molecule has 2 aromatic rings. The van der Waals surface area contributed by atoms with Crippen molar-refractivity contribution in [3.05, 3.63) is 42.2 Å². The minimum absolute atomic E-state index is 0.142. The third-order valence-electron chi connectivity index (χ3n) is 4.12. The number of carbonyl (C=O) groups is 1. The molecular weight excluding hydrogens is 278 g/mol. The lowest BCUT2D eigenvalue weighted by Crippen LogP contribution is -2.44. The van der Waals surface area contributed by atoms with Gasteiger partial charge in [0, 0.05) is 19.1 Å². The summed E-state index contributed by atoms with van der Waals surface area (Å²) in [6.07, 6.45) is 3.66. The van der Waals surface area contributed by atoms with Crippen LogP contribution in [0.1, 0.15) is 30.3 Å². The van der Waals surface area contributed by atoms with E-state index in [1.54, 1.807) is 10.9 Å². The van der Waals surface area contributed by atoms with Gasteiger partial charge in [0.2, 0.25) is 0 Å². The maximum absolute atomic E-state index is 12.3. The Morgan fingerprint density at radius 3 is 2.68 bits per heavy atom. The zero-order valence-electron chi connectivity index (χ0n) is 12.8. The summed E-state index contributed by atoms with van der Waals surface area (Å²) in [5.74, 6) is -0.142. The van der Waals surface area contributed by atoms with Gasteiger partial charge in [-0.3, -0.25) is 4.79 Å². The van der Waals surface area contributed by atoms with Gasteiger partial charge in [0.05, 0.1) is 11.9 Å². The zero-order valence-corrected chi connectivity index (χ0v) is 12.8. The quantitative estimate of drug-likeness (QED) is 0.929. The van der Waals surface area contributed by atoms with Gasteiger partial charge in [-0.1, -0.05) is 30.3 Å². The van der Waals surface area contributed by atoms with E-state index >= 15 is 0 Å². The van der Waals surface area contributed by atoms with Crippen LogP contribution in [0.15, 0.2) is 36.5 Å². The van der Waals surface area contributed by atoms with E-state index in [9.17, 15) is 4.79 Å². The van der Waals surface area contributed by atoms with E-state index in [4.69, 9.17) is 0 Å². The molecule has 0 bridgehead atoms. The highest BCUT2D eigenvalue weighted by Gasteiger charge is 2.21. The van der Waals surface area contributed by atoms with Crippen LogP contribution in [0.4, 0.5) is 0 Å². The van der Waals surface area contributed by atoms with Crippen molar-refractivity contribution in [3.8, 4) is 5.69 Å². The topological polar surface area (TPSA) is 63.1 Å². The van der Waals surface area contributed by atoms with E-state index in [1.165, 1.54) is 0 Å². The van der Waals surface area contributed by atoms with Crippen molar-refractivity contribution in [2.24, 2.45) is 0 Å². The van der Waals surface area contributed by atoms with Crippen LogP contribution in [0.25, 0.3) is 5.69 Å². The first-order chi connectivity index (χ1) is 10.8. The fourth-order valence-corrected chi connectivity index (χ4v) is 2.73. The molecule has 0 saturated carbocycles. The number of rotatable bonds is 4. The Kier molecular flexibility index (Phi) is 4.48. The zero-order chi connectivity index (χ0) is 15.4. The maximum Gasteiger partial charge on any atom is 0.273 e. The smallest absolute Gasteiger partial charge is 0.273 e. The molecule has 1 aromatic heterocycles. The number of carbonyl (C=O) groups excluding carboxylic acids is 1. The third kappa shape index (κ3) is 3.33. The van der Waals surface area contributed by atoms with Crippen molar-refractivity contribution < 1.29 is 4.79 Å². The van der Waals surface area contributed by atoms with Crippen molar-refractivity contribution in [1.29, 1.82) is 0 Å². The normalized spacial score (nSPS) is 16.6. The first-order valence-electron chi connectivity index (χ1n) is 7.77. The summed E-state index contributed by atoms with van der Waals surface area (Å²) in [5.41, 5.74) is 1.26. The highest BCUT2D eigenvalue weighted by atomic mass is 16.2. The van der Waals surface area contributed by atoms with Gasteiger partial charge in [-0.05, 0) is 31.5 Å². The highest BCUT2D eigenvalue weighted by Crippen LogP contribution is 2.11. The molecule has 116 valence electrons. The van der Waals surface area contributed by atoms with E-state index in [0.29, 0.717) is 5.69 Å².